The summed E-state index contributed by atoms with van der Waals surface area (Å²) in [4.78, 5) is 23.0. The first-order chi connectivity index (χ1) is 13.7. The summed E-state index contributed by atoms with van der Waals surface area (Å²) < 4.78 is 5.23. The summed E-state index contributed by atoms with van der Waals surface area (Å²) in [6.45, 7) is 4.32. The van der Waals surface area contributed by atoms with E-state index in [1.165, 1.54) is 29.0 Å². The number of nitrogens with zero attached hydrogens (tertiary/aromatic N) is 3. The molecular formula is C21H28N4O2S. The van der Waals surface area contributed by atoms with Gasteiger partial charge in [-0.2, -0.15) is 0 Å². The second-order valence-corrected chi connectivity index (χ2v) is 8.57. The fourth-order valence-electron chi connectivity index (χ4n) is 3.90. The van der Waals surface area contributed by atoms with E-state index in [1.807, 2.05) is 17.0 Å². The van der Waals surface area contributed by atoms with Crippen LogP contribution in [0, 0.1) is 0 Å². The number of urea groups is 1. The molecule has 1 saturated heterocycles. The van der Waals surface area contributed by atoms with Gasteiger partial charge in [0.15, 0.2) is 5.13 Å². The molecule has 6 nitrogen and oxygen atoms in total. The van der Waals surface area contributed by atoms with Gasteiger partial charge in [-0.25, -0.2) is 9.78 Å². The number of aryl methyl sites for hydroxylation is 2. The number of thiazole rings is 1. The van der Waals surface area contributed by atoms with Crippen LogP contribution in [0.25, 0.3) is 0 Å². The van der Waals surface area contributed by atoms with Crippen LogP contribution >= 0.6 is 11.3 Å². The highest BCUT2D eigenvalue weighted by atomic mass is 32.1. The van der Waals surface area contributed by atoms with Crippen molar-refractivity contribution < 1.29 is 9.53 Å². The van der Waals surface area contributed by atoms with Gasteiger partial charge in [0.05, 0.1) is 12.8 Å². The number of benzene rings is 1. The van der Waals surface area contributed by atoms with Crippen molar-refractivity contribution >= 4 is 22.5 Å². The van der Waals surface area contributed by atoms with E-state index in [9.17, 15) is 4.79 Å². The third-order valence-corrected chi connectivity index (χ3v) is 6.57. The number of ether oxygens (including phenoxy) is 1. The zero-order valence-corrected chi connectivity index (χ0v) is 17.3. The maximum Gasteiger partial charge on any atom is 0.323 e. The van der Waals surface area contributed by atoms with E-state index in [0.717, 1.165) is 62.9 Å². The Balaban J connectivity index is 1.30. The Morgan fingerprint density at radius 2 is 1.93 bits per heavy atom. The Hall–Kier alpha value is -2.12. The number of carbonyl (C=O) groups is 1. The third kappa shape index (κ3) is 4.64. The second-order valence-electron chi connectivity index (χ2n) is 7.49. The molecule has 2 heterocycles. The van der Waals surface area contributed by atoms with E-state index in [2.05, 4.69) is 27.3 Å². The molecule has 2 amide bonds. The molecule has 0 bridgehead atoms. The number of methoxy groups -OCH3 is 1. The smallest absolute Gasteiger partial charge is 0.323 e. The van der Waals surface area contributed by atoms with Crippen LogP contribution in [0.3, 0.4) is 0 Å². The Kier molecular flexibility index (Phi) is 6.12. The van der Waals surface area contributed by atoms with Crippen LogP contribution in [-0.2, 0) is 19.4 Å². The van der Waals surface area contributed by atoms with Gasteiger partial charge >= 0.3 is 6.03 Å². The van der Waals surface area contributed by atoms with E-state index in [-0.39, 0.29) is 6.03 Å². The lowest BCUT2D eigenvalue weighted by Gasteiger charge is -2.22. The molecule has 1 aliphatic heterocycles. The van der Waals surface area contributed by atoms with Crippen LogP contribution in [0.4, 0.5) is 9.93 Å². The first kappa shape index (κ1) is 19.2. The van der Waals surface area contributed by atoms with Gasteiger partial charge in [0.25, 0.3) is 0 Å². The molecule has 2 aromatic rings. The lowest BCUT2D eigenvalue weighted by Crippen LogP contribution is -2.38. The molecule has 0 saturated carbocycles. The minimum Gasteiger partial charge on any atom is -0.497 e. The molecule has 2 aliphatic rings. The van der Waals surface area contributed by atoms with Crippen molar-refractivity contribution in [2.24, 2.45) is 0 Å². The summed E-state index contributed by atoms with van der Waals surface area (Å²) in [5.74, 6) is 0.881. The highest BCUT2D eigenvalue weighted by Gasteiger charge is 2.21. The largest absolute Gasteiger partial charge is 0.497 e. The number of hydrogen-bond donors (Lipinski definition) is 1. The third-order valence-electron chi connectivity index (χ3n) is 5.50. The minimum absolute atomic E-state index is 0.0163. The van der Waals surface area contributed by atoms with Gasteiger partial charge in [-0.15, -0.1) is 11.3 Å². The highest BCUT2D eigenvalue weighted by molar-refractivity contribution is 7.15. The Morgan fingerprint density at radius 3 is 2.71 bits per heavy atom. The first-order valence-corrected chi connectivity index (χ1v) is 10.9. The van der Waals surface area contributed by atoms with Crippen molar-refractivity contribution in [1.82, 2.24) is 14.8 Å². The summed E-state index contributed by atoms with van der Waals surface area (Å²) in [5.41, 5.74) is 2.46. The quantitative estimate of drug-likeness (QED) is 0.849. The monoisotopic (exact) mass is 400 g/mol. The lowest BCUT2D eigenvalue weighted by molar-refractivity contribution is 0.211. The topological polar surface area (TPSA) is 57.7 Å². The second kappa shape index (κ2) is 8.92. The summed E-state index contributed by atoms with van der Waals surface area (Å²) in [6, 6.07) is 8.20. The van der Waals surface area contributed by atoms with E-state index in [1.54, 1.807) is 18.4 Å². The number of hydrogen-bond acceptors (Lipinski definition) is 5. The average molecular weight is 401 g/mol. The van der Waals surface area contributed by atoms with E-state index < -0.39 is 0 Å². The molecular weight excluding hydrogens is 372 g/mol. The van der Waals surface area contributed by atoms with E-state index in [4.69, 9.17) is 4.74 Å². The van der Waals surface area contributed by atoms with Crippen LogP contribution in [0.1, 0.15) is 35.4 Å². The molecule has 1 N–H and O–H groups in total. The SMILES string of the molecule is COc1ccc(CN2CCCN(C(=O)Nc3nc4c(s3)CCCC4)CC2)cc1. The number of anilines is 1. The van der Waals surface area contributed by atoms with Crippen LogP contribution in [0.2, 0.25) is 0 Å². The number of nitrogens with one attached hydrogen (secondary N) is 1. The normalized spacial score (nSPS) is 17.7. The van der Waals surface area contributed by atoms with Crippen molar-refractivity contribution in [3.63, 3.8) is 0 Å². The van der Waals surface area contributed by atoms with Gasteiger partial charge < -0.3 is 9.64 Å². The number of fused-ring (bicyclic) bond motifs is 1. The maximum atomic E-state index is 12.7. The Morgan fingerprint density at radius 1 is 1.11 bits per heavy atom. The summed E-state index contributed by atoms with van der Waals surface area (Å²) in [5, 5.41) is 3.80. The number of aromatic nitrogens is 1. The van der Waals surface area contributed by atoms with Crippen molar-refractivity contribution in [3.8, 4) is 5.75 Å². The zero-order valence-electron chi connectivity index (χ0n) is 16.4. The molecule has 150 valence electrons. The molecule has 1 aromatic heterocycles. The number of rotatable bonds is 4. The van der Waals surface area contributed by atoms with Crippen LogP contribution < -0.4 is 10.1 Å². The maximum absolute atomic E-state index is 12.7. The number of amides is 2. The van der Waals surface area contributed by atoms with E-state index >= 15 is 0 Å². The molecule has 1 fully saturated rings. The predicted octanol–water partition coefficient (Wildman–Crippen LogP) is 3.77. The van der Waals surface area contributed by atoms with Gasteiger partial charge in [0.2, 0.25) is 0 Å². The fourth-order valence-corrected chi connectivity index (χ4v) is 4.94. The highest BCUT2D eigenvalue weighted by Crippen LogP contribution is 2.29. The van der Waals surface area contributed by atoms with Gasteiger partial charge in [0, 0.05) is 37.6 Å². The van der Waals surface area contributed by atoms with Gasteiger partial charge in [-0.05, 0) is 49.8 Å². The fraction of sp³-hybridized carbons (Fsp3) is 0.524. The van der Waals surface area contributed by atoms with Crippen molar-refractivity contribution in [2.45, 2.75) is 38.6 Å². The van der Waals surface area contributed by atoms with E-state index in [0.29, 0.717) is 0 Å². The summed E-state index contributed by atoms with van der Waals surface area (Å²) in [6.07, 6.45) is 5.58. The Bertz CT molecular complexity index is 782. The summed E-state index contributed by atoms with van der Waals surface area (Å²) >= 11 is 1.65. The van der Waals surface area contributed by atoms with Gasteiger partial charge in [-0.1, -0.05) is 12.1 Å². The molecule has 0 radical (unpaired) electrons. The molecule has 28 heavy (non-hydrogen) atoms. The van der Waals surface area contributed by atoms with Crippen LogP contribution in [-0.4, -0.2) is 54.1 Å². The molecule has 7 heteroatoms. The minimum atomic E-state index is -0.0163. The Labute approximate surface area is 170 Å². The molecule has 0 spiro atoms. The number of carbonyl (C=O) groups excluding carboxylic acids is 1. The molecule has 4 rings (SSSR count). The average Bonchev–Trinajstić information content (AvgIpc) is 2.97. The van der Waals surface area contributed by atoms with Crippen molar-refractivity contribution in [3.05, 3.63) is 40.4 Å². The molecule has 1 aliphatic carbocycles. The zero-order chi connectivity index (χ0) is 19.3. The van der Waals surface area contributed by atoms with Crippen molar-refractivity contribution in [2.75, 3.05) is 38.6 Å². The van der Waals surface area contributed by atoms with Crippen LogP contribution in [0.5, 0.6) is 5.75 Å². The summed E-state index contributed by atoms with van der Waals surface area (Å²) in [7, 11) is 1.68. The molecule has 1 aromatic carbocycles. The lowest BCUT2D eigenvalue weighted by atomic mass is 10.0. The van der Waals surface area contributed by atoms with Crippen LogP contribution in [0.15, 0.2) is 24.3 Å². The first-order valence-electron chi connectivity index (χ1n) is 10.1. The molecule has 0 unspecified atom stereocenters. The molecule has 0 atom stereocenters. The predicted molar refractivity (Wildman–Crippen MR) is 112 cm³/mol. The standard InChI is InChI=1S/C21H28N4O2S/c1-27-17-9-7-16(8-10-17)15-24-11-4-12-25(14-13-24)21(26)23-20-22-18-5-2-3-6-19(18)28-20/h7-10H,2-6,11-15H2,1H3,(H,22,23,26). The van der Waals surface area contributed by atoms with Gasteiger partial charge in [0.1, 0.15) is 5.75 Å². The van der Waals surface area contributed by atoms with Crippen molar-refractivity contribution in [1.29, 1.82) is 0 Å². The van der Waals surface area contributed by atoms with Gasteiger partial charge in [-0.3, -0.25) is 10.2 Å².